The Morgan fingerprint density at radius 3 is 2.66 bits per heavy atom. The molecule has 3 N–H and O–H groups in total. The average molecular weight is 433 g/mol. The van der Waals surface area contributed by atoms with Crippen molar-refractivity contribution in [2.75, 3.05) is 20.1 Å². The van der Waals surface area contributed by atoms with E-state index in [0.29, 0.717) is 23.4 Å². The fraction of sp³-hybridized carbons (Fsp3) is 0.375. The van der Waals surface area contributed by atoms with Crippen molar-refractivity contribution in [2.24, 2.45) is 4.99 Å². The highest BCUT2D eigenvalue weighted by Crippen LogP contribution is 2.40. The highest BCUT2D eigenvalue weighted by molar-refractivity contribution is 5.81. The first kappa shape index (κ1) is 23.1. The molecule has 0 aliphatic carbocycles. The second kappa shape index (κ2) is 10.1. The smallest absolute Gasteiger partial charge is 0.209 e. The third-order valence-corrected chi connectivity index (χ3v) is 5.41. The predicted molar refractivity (Wildman–Crippen MR) is 122 cm³/mol. The minimum absolute atomic E-state index is 0.260. The summed E-state index contributed by atoms with van der Waals surface area (Å²) in [6, 6.07) is 16.8. The van der Waals surface area contributed by atoms with E-state index in [1.165, 1.54) is 5.56 Å². The minimum atomic E-state index is -0.935. The van der Waals surface area contributed by atoms with Gasteiger partial charge in [-0.05, 0) is 44.7 Å². The Balaban J connectivity index is 1.69. The molecule has 0 saturated heterocycles. The van der Waals surface area contributed by atoms with Gasteiger partial charge in [0.05, 0.1) is 17.7 Å². The van der Waals surface area contributed by atoms with Gasteiger partial charge in [-0.3, -0.25) is 0 Å². The van der Waals surface area contributed by atoms with Crippen LogP contribution in [-0.4, -0.2) is 47.8 Å². The van der Waals surface area contributed by atoms with Crippen molar-refractivity contribution in [1.29, 1.82) is 10.5 Å². The number of hydrogen-bond donors (Lipinski definition) is 3. The average Bonchev–Trinajstić information content (AvgIpc) is 2.77. The maximum Gasteiger partial charge on any atom is 0.209 e. The van der Waals surface area contributed by atoms with Crippen LogP contribution in [0.5, 0.6) is 5.75 Å². The molecule has 0 unspecified atom stereocenters. The number of rotatable bonds is 6. The van der Waals surface area contributed by atoms with E-state index >= 15 is 0 Å². The van der Waals surface area contributed by atoms with Crippen LogP contribution in [0.3, 0.4) is 0 Å². The van der Waals surface area contributed by atoms with Crippen LogP contribution in [0.1, 0.15) is 36.6 Å². The van der Waals surface area contributed by atoms with Crippen molar-refractivity contribution in [1.82, 2.24) is 15.5 Å². The molecular formula is C24H28N6O2. The van der Waals surface area contributed by atoms with Gasteiger partial charge in [-0.1, -0.05) is 30.3 Å². The number of nitrogens with one attached hydrogen (secondary N) is 2. The van der Waals surface area contributed by atoms with E-state index in [1.54, 1.807) is 38.2 Å². The zero-order valence-corrected chi connectivity index (χ0v) is 18.5. The number of likely N-dealkylation sites (N-methyl/N-ethyl adjacent to an activating group) is 1. The molecule has 2 aromatic carbocycles. The van der Waals surface area contributed by atoms with E-state index in [9.17, 15) is 10.4 Å². The molecule has 0 fully saturated rings. The van der Waals surface area contributed by atoms with E-state index in [2.05, 4.69) is 38.7 Å². The molecule has 2 atom stereocenters. The summed E-state index contributed by atoms with van der Waals surface area (Å²) in [4.78, 5) is 6.02. The van der Waals surface area contributed by atoms with Crippen molar-refractivity contribution in [3.05, 3.63) is 65.2 Å². The Labute approximate surface area is 188 Å². The minimum Gasteiger partial charge on any atom is -0.485 e. The molecule has 3 rings (SSSR count). The summed E-state index contributed by atoms with van der Waals surface area (Å²) in [5.41, 5.74) is 1.45. The lowest BCUT2D eigenvalue weighted by Crippen LogP contribution is -2.55. The molecule has 0 spiro atoms. The summed E-state index contributed by atoms with van der Waals surface area (Å²) in [7, 11) is 2.02. The fourth-order valence-electron chi connectivity index (χ4n) is 3.69. The van der Waals surface area contributed by atoms with Crippen LogP contribution in [-0.2, 0) is 6.54 Å². The predicted octanol–water partition coefficient (Wildman–Crippen LogP) is 2.28. The zero-order chi connectivity index (χ0) is 23.1. The van der Waals surface area contributed by atoms with Gasteiger partial charge >= 0.3 is 0 Å². The molecule has 1 aliphatic heterocycles. The molecule has 8 heteroatoms. The van der Waals surface area contributed by atoms with Gasteiger partial charge in [0.1, 0.15) is 17.5 Å². The number of aliphatic hydroxyl groups is 1. The molecule has 0 aromatic heterocycles. The largest absolute Gasteiger partial charge is 0.485 e. The second-order valence-electron chi connectivity index (χ2n) is 8.35. The molecular weight excluding hydrogens is 404 g/mol. The van der Waals surface area contributed by atoms with Gasteiger partial charge in [-0.15, -0.1) is 4.99 Å². The summed E-state index contributed by atoms with van der Waals surface area (Å²) in [5, 5.41) is 35.7. The van der Waals surface area contributed by atoms with Crippen molar-refractivity contribution < 1.29 is 9.84 Å². The van der Waals surface area contributed by atoms with Gasteiger partial charge in [-0.2, -0.15) is 10.5 Å². The maximum absolute atomic E-state index is 11.0. The van der Waals surface area contributed by atoms with Gasteiger partial charge in [-0.25, -0.2) is 0 Å². The number of nitriles is 2. The van der Waals surface area contributed by atoms with Gasteiger partial charge in [0.2, 0.25) is 12.2 Å². The van der Waals surface area contributed by atoms with E-state index in [1.807, 2.05) is 25.2 Å². The van der Waals surface area contributed by atoms with Crippen LogP contribution < -0.4 is 15.4 Å². The Kier molecular flexibility index (Phi) is 7.32. The van der Waals surface area contributed by atoms with Crippen molar-refractivity contribution >= 4 is 5.96 Å². The summed E-state index contributed by atoms with van der Waals surface area (Å²) in [5.74, 6) is 0.839. The number of benzene rings is 2. The molecule has 2 aromatic rings. The second-order valence-corrected chi connectivity index (χ2v) is 8.35. The van der Waals surface area contributed by atoms with E-state index in [-0.39, 0.29) is 5.96 Å². The highest BCUT2D eigenvalue weighted by atomic mass is 16.5. The normalized spacial score (nSPS) is 19.3. The molecule has 1 heterocycles. The Bertz CT molecular complexity index is 1040. The first-order valence-corrected chi connectivity index (χ1v) is 10.4. The molecule has 1 aliphatic rings. The third kappa shape index (κ3) is 5.55. The monoisotopic (exact) mass is 432 g/mol. The zero-order valence-electron chi connectivity index (χ0n) is 18.5. The first-order chi connectivity index (χ1) is 15.3. The van der Waals surface area contributed by atoms with Gasteiger partial charge in [0.25, 0.3) is 0 Å². The quantitative estimate of drug-likeness (QED) is 0.364. The number of fused-ring (bicyclic) bond motifs is 1. The van der Waals surface area contributed by atoms with Crippen LogP contribution in [0.4, 0.5) is 0 Å². The standard InChI is InChI=1S/C24H28N6O2/c1-24(2)22(31)21(19-13-18(14-25)9-10-20(19)32-24)29-23(28-16-26)27-11-12-30(3)15-17-7-5-4-6-8-17/h4-10,13,21-22,31H,11-12,15H2,1-3H3,(H2,27,28,29)/t21-,22+/m0/s1. The molecule has 32 heavy (non-hydrogen) atoms. The van der Waals surface area contributed by atoms with Crippen molar-refractivity contribution in [3.63, 3.8) is 0 Å². The SMILES string of the molecule is CN(CCNC(=NC#N)N[C@H]1c2cc(C#N)ccc2OC(C)(C)[C@@H]1O)Cc1ccccc1. The third-order valence-electron chi connectivity index (χ3n) is 5.41. The van der Waals surface area contributed by atoms with Crippen LogP contribution in [0.2, 0.25) is 0 Å². The van der Waals surface area contributed by atoms with Crippen LogP contribution in [0, 0.1) is 22.8 Å². The molecule has 0 bridgehead atoms. The number of aliphatic hydroxyl groups excluding tert-OH is 1. The number of guanidine groups is 1. The number of aliphatic imine (C=N–C) groups is 1. The summed E-state index contributed by atoms with van der Waals surface area (Å²) >= 11 is 0. The lowest BCUT2D eigenvalue weighted by molar-refractivity contribution is -0.0612. The maximum atomic E-state index is 11.0. The summed E-state index contributed by atoms with van der Waals surface area (Å²) in [6.07, 6.45) is 0.867. The van der Waals surface area contributed by atoms with E-state index in [4.69, 9.17) is 10.00 Å². The number of nitrogens with zero attached hydrogens (tertiary/aromatic N) is 4. The molecule has 0 radical (unpaired) electrons. The highest BCUT2D eigenvalue weighted by Gasteiger charge is 2.43. The topological polar surface area (TPSA) is 117 Å². The van der Waals surface area contributed by atoms with Crippen LogP contribution in [0.15, 0.2) is 53.5 Å². The van der Waals surface area contributed by atoms with Crippen molar-refractivity contribution in [3.8, 4) is 18.0 Å². The molecule has 0 amide bonds. The lowest BCUT2D eigenvalue weighted by atomic mass is 9.86. The van der Waals surface area contributed by atoms with Crippen LogP contribution in [0.25, 0.3) is 0 Å². The van der Waals surface area contributed by atoms with Crippen LogP contribution >= 0.6 is 0 Å². The fourth-order valence-corrected chi connectivity index (χ4v) is 3.69. The Morgan fingerprint density at radius 2 is 1.97 bits per heavy atom. The summed E-state index contributed by atoms with van der Waals surface area (Å²) < 4.78 is 5.94. The molecule has 166 valence electrons. The Hall–Kier alpha value is -3.59. The van der Waals surface area contributed by atoms with Gasteiger partial charge in [0.15, 0.2) is 0 Å². The molecule has 0 saturated carbocycles. The molecule has 8 nitrogen and oxygen atoms in total. The van der Waals surface area contributed by atoms with Gasteiger partial charge < -0.3 is 25.4 Å². The first-order valence-electron chi connectivity index (χ1n) is 10.4. The number of ether oxygens (including phenoxy) is 1. The summed E-state index contributed by atoms with van der Waals surface area (Å²) in [6.45, 7) is 5.65. The van der Waals surface area contributed by atoms with E-state index < -0.39 is 17.7 Å². The van der Waals surface area contributed by atoms with Gasteiger partial charge in [0, 0.05) is 25.2 Å². The Morgan fingerprint density at radius 1 is 1.22 bits per heavy atom. The lowest BCUT2D eigenvalue weighted by Gasteiger charge is -2.42. The van der Waals surface area contributed by atoms with Crippen molar-refractivity contribution in [2.45, 2.75) is 38.1 Å². The number of hydrogen-bond acceptors (Lipinski definition) is 6. The van der Waals surface area contributed by atoms with E-state index in [0.717, 1.165) is 13.1 Å².